The van der Waals surface area contributed by atoms with E-state index in [0.29, 0.717) is 50.3 Å². The molecule has 0 radical (unpaired) electrons. The SMILES string of the molecule is COc1cccc(CN2C[C@@H]3C[C@H]2C(=O)NC[C@H]2O[C@H](CCOc4ccccc4C(=O)N3)CC[C@@H]2O)c1. The van der Waals surface area contributed by atoms with Crippen LogP contribution >= 0.6 is 0 Å². The third kappa shape index (κ3) is 6.06. The third-order valence-corrected chi connectivity index (χ3v) is 7.45. The number of hydrogen-bond donors (Lipinski definition) is 3. The second kappa shape index (κ2) is 11.5. The number of carbonyl (C=O) groups excluding carboxylic acids is 2. The number of carbonyl (C=O) groups is 2. The summed E-state index contributed by atoms with van der Waals surface area (Å²) in [6.07, 6.45) is 1.26. The number of aliphatic hydroxyl groups excluding tert-OH is 1. The minimum atomic E-state index is -0.624. The topological polar surface area (TPSA) is 109 Å². The molecule has 0 spiro atoms. The number of nitrogens with one attached hydrogen (secondary N) is 2. The predicted octanol–water partition coefficient (Wildman–Crippen LogP) is 1.88. The average Bonchev–Trinajstić information content (AvgIpc) is 3.30. The molecule has 5 atom stereocenters. The van der Waals surface area contributed by atoms with Crippen LogP contribution in [0.4, 0.5) is 0 Å². The van der Waals surface area contributed by atoms with Crippen LogP contribution in [0.25, 0.3) is 0 Å². The number of fused-ring (bicyclic) bond motifs is 5. The van der Waals surface area contributed by atoms with E-state index in [-0.39, 0.29) is 30.5 Å². The number of amides is 2. The summed E-state index contributed by atoms with van der Waals surface area (Å²) in [6.45, 7) is 1.69. The van der Waals surface area contributed by atoms with Gasteiger partial charge < -0.3 is 30.0 Å². The molecule has 0 saturated carbocycles. The lowest BCUT2D eigenvalue weighted by Gasteiger charge is -2.34. The molecule has 0 aromatic heterocycles. The summed E-state index contributed by atoms with van der Waals surface area (Å²) >= 11 is 0. The van der Waals surface area contributed by atoms with Crippen LogP contribution in [-0.4, -0.2) is 79.0 Å². The number of nitrogens with zero attached hydrogens (tertiary/aromatic N) is 1. The van der Waals surface area contributed by atoms with Crippen molar-refractivity contribution in [2.75, 3.05) is 26.8 Å². The van der Waals surface area contributed by atoms with Crippen molar-refractivity contribution in [3.8, 4) is 11.5 Å². The Morgan fingerprint density at radius 2 is 1.97 bits per heavy atom. The fraction of sp³-hybridized carbons (Fsp3) is 0.500. The zero-order valence-electron chi connectivity index (χ0n) is 21.1. The summed E-state index contributed by atoms with van der Waals surface area (Å²) in [4.78, 5) is 28.7. The second-order valence-corrected chi connectivity index (χ2v) is 10.0. The van der Waals surface area contributed by atoms with Crippen molar-refractivity contribution >= 4 is 11.8 Å². The summed E-state index contributed by atoms with van der Waals surface area (Å²) in [5.41, 5.74) is 1.49. The number of benzene rings is 2. The van der Waals surface area contributed by atoms with Gasteiger partial charge in [-0.3, -0.25) is 14.5 Å². The van der Waals surface area contributed by atoms with E-state index in [1.165, 1.54) is 0 Å². The number of methoxy groups -OCH3 is 1. The Morgan fingerprint density at radius 3 is 2.84 bits per heavy atom. The van der Waals surface area contributed by atoms with Crippen LogP contribution in [0.15, 0.2) is 48.5 Å². The highest BCUT2D eigenvalue weighted by Gasteiger charge is 2.39. The third-order valence-electron chi connectivity index (χ3n) is 7.45. The monoisotopic (exact) mass is 509 g/mol. The maximum absolute atomic E-state index is 13.4. The Kier molecular flexibility index (Phi) is 7.93. The first-order valence-electron chi connectivity index (χ1n) is 13.0. The maximum atomic E-state index is 13.4. The molecule has 3 aliphatic heterocycles. The quantitative estimate of drug-likeness (QED) is 0.580. The van der Waals surface area contributed by atoms with E-state index in [9.17, 15) is 14.7 Å². The van der Waals surface area contributed by atoms with Crippen molar-refractivity contribution in [3.63, 3.8) is 0 Å². The van der Waals surface area contributed by atoms with Crippen LogP contribution in [0.2, 0.25) is 0 Å². The van der Waals surface area contributed by atoms with E-state index in [4.69, 9.17) is 14.2 Å². The van der Waals surface area contributed by atoms with E-state index in [2.05, 4.69) is 15.5 Å². The van der Waals surface area contributed by atoms with Crippen molar-refractivity contribution in [1.29, 1.82) is 0 Å². The number of ether oxygens (including phenoxy) is 3. The molecule has 3 aliphatic rings. The highest BCUT2D eigenvalue weighted by molar-refractivity contribution is 5.97. The normalized spacial score (nSPS) is 29.0. The number of para-hydroxylation sites is 1. The van der Waals surface area contributed by atoms with E-state index in [1.54, 1.807) is 19.2 Å². The summed E-state index contributed by atoms with van der Waals surface area (Å²) in [5.74, 6) is 0.934. The lowest BCUT2D eigenvalue weighted by Crippen LogP contribution is -2.50. The summed E-state index contributed by atoms with van der Waals surface area (Å²) in [6, 6.07) is 14.3. The molecule has 9 nitrogen and oxygen atoms in total. The van der Waals surface area contributed by atoms with Gasteiger partial charge >= 0.3 is 0 Å². The van der Waals surface area contributed by atoms with Crippen LogP contribution in [0.1, 0.15) is 41.6 Å². The van der Waals surface area contributed by atoms with Crippen LogP contribution in [0.5, 0.6) is 11.5 Å². The Bertz CT molecular complexity index is 1110. The Hall–Kier alpha value is -3.14. The number of likely N-dealkylation sites (tertiary alicyclic amines) is 1. The highest BCUT2D eigenvalue weighted by Crippen LogP contribution is 2.26. The first-order chi connectivity index (χ1) is 18.0. The fourth-order valence-corrected chi connectivity index (χ4v) is 5.47. The minimum absolute atomic E-state index is 0.0837. The predicted molar refractivity (Wildman–Crippen MR) is 137 cm³/mol. The summed E-state index contributed by atoms with van der Waals surface area (Å²) in [5, 5.41) is 16.6. The molecule has 3 heterocycles. The molecular weight excluding hydrogens is 474 g/mol. The van der Waals surface area contributed by atoms with Gasteiger partial charge in [0.15, 0.2) is 0 Å². The van der Waals surface area contributed by atoms with Crippen molar-refractivity contribution in [1.82, 2.24) is 15.5 Å². The van der Waals surface area contributed by atoms with E-state index in [1.807, 2.05) is 36.4 Å². The highest BCUT2D eigenvalue weighted by atomic mass is 16.5. The molecule has 198 valence electrons. The molecule has 0 unspecified atom stereocenters. The van der Waals surface area contributed by atoms with Gasteiger partial charge in [-0.05, 0) is 49.1 Å². The number of rotatable bonds is 3. The van der Waals surface area contributed by atoms with Crippen LogP contribution in [-0.2, 0) is 16.1 Å². The molecule has 5 rings (SSSR count). The van der Waals surface area contributed by atoms with E-state index >= 15 is 0 Å². The van der Waals surface area contributed by atoms with Gasteiger partial charge in [0, 0.05) is 32.1 Å². The molecule has 37 heavy (non-hydrogen) atoms. The Labute approximate surface area is 217 Å². The van der Waals surface area contributed by atoms with Gasteiger partial charge in [0.25, 0.3) is 5.91 Å². The van der Waals surface area contributed by atoms with Gasteiger partial charge in [-0.15, -0.1) is 0 Å². The van der Waals surface area contributed by atoms with Gasteiger partial charge in [-0.1, -0.05) is 24.3 Å². The standard InChI is InChI=1S/C28H35N3O6/c1-35-21-6-4-5-18(13-21)16-31-17-19-14-23(31)28(34)29-15-26-24(32)10-9-20(37-26)11-12-36-25-8-3-2-7-22(25)27(33)30-19/h2-8,13,19-20,23-24,26,32H,9-12,14-17H2,1H3,(H,29,34)(H,30,33)/t19-,20-,23-,24-,26+/m0/s1. The fourth-order valence-electron chi connectivity index (χ4n) is 5.47. The van der Waals surface area contributed by atoms with Gasteiger partial charge in [0.05, 0.1) is 37.5 Å². The first kappa shape index (κ1) is 25.5. The number of aliphatic hydroxyl groups is 1. The summed E-state index contributed by atoms with van der Waals surface area (Å²) in [7, 11) is 1.63. The largest absolute Gasteiger partial charge is 0.497 e. The van der Waals surface area contributed by atoms with E-state index in [0.717, 1.165) is 17.7 Å². The molecule has 2 aromatic rings. The van der Waals surface area contributed by atoms with Gasteiger partial charge in [0.1, 0.15) is 17.6 Å². The second-order valence-electron chi connectivity index (χ2n) is 10.0. The zero-order valence-corrected chi connectivity index (χ0v) is 21.1. The lowest BCUT2D eigenvalue weighted by atomic mass is 9.99. The first-order valence-corrected chi connectivity index (χ1v) is 13.0. The van der Waals surface area contributed by atoms with Crippen molar-refractivity contribution < 1.29 is 28.9 Å². The molecule has 0 aliphatic carbocycles. The van der Waals surface area contributed by atoms with Crippen molar-refractivity contribution in [2.45, 2.75) is 62.6 Å². The molecule has 2 amide bonds. The van der Waals surface area contributed by atoms with Crippen molar-refractivity contribution in [2.24, 2.45) is 0 Å². The average molecular weight is 510 g/mol. The Morgan fingerprint density at radius 1 is 1.11 bits per heavy atom. The molecule has 2 aromatic carbocycles. The zero-order chi connectivity index (χ0) is 25.8. The van der Waals surface area contributed by atoms with Gasteiger partial charge in [-0.2, -0.15) is 0 Å². The van der Waals surface area contributed by atoms with Gasteiger partial charge in [-0.25, -0.2) is 0 Å². The molecule has 2 saturated heterocycles. The maximum Gasteiger partial charge on any atom is 0.255 e. The summed E-state index contributed by atoms with van der Waals surface area (Å²) < 4.78 is 17.5. The van der Waals surface area contributed by atoms with Crippen molar-refractivity contribution in [3.05, 3.63) is 59.7 Å². The Balaban J connectivity index is 1.39. The molecule has 2 fully saturated rings. The molecular formula is C28H35N3O6. The molecule has 9 heteroatoms. The smallest absolute Gasteiger partial charge is 0.255 e. The van der Waals surface area contributed by atoms with Gasteiger partial charge in [0.2, 0.25) is 5.91 Å². The molecule has 3 N–H and O–H groups in total. The van der Waals surface area contributed by atoms with Crippen LogP contribution < -0.4 is 20.1 Å². The van der Waals surface area contributed by atoms with Crippen LogP contribution in [0.3, 0.4) is 0 Å². The lowest BCUT2D eigenvalue weighted by molar-refractivity contribution is -0.133. The van der Waals surface area contributed by atoms with Crippen LogP contribution in [0, 0.1) is 0 Å². The van der Waals surface area contributed by atoms with E-state index < -0.39 is 18.2 Å². The number of hydrogen-bond acceptors (Lipinski definition) is 7. The molecule has 4 bridgehead atoms. The minimum Gasteiger partial charge on any atom is -0.497 e.